The second-order valence-electron chi connectivity index (χ2n) is 6.73. The fraction of sp³-hybridized carbons (Fsp3) is 0.600. The number of aromatic nitrogens is 1. The molecule has 7 nitrogen and oxygen atoms in total. The third-order valence-electron chi connectivity index (χ3n) is 3.45. The molecule has 2 rings (SSSR count). The summed E-state index contributed by atoms with van der Waals surface area (Å²) >= 11 is 0. The second-order valence-corrected chi connectivity index (χ2v) is 8.96. The molecular weight excluding hydrogens is 320 g/mol. The van der Waals surface area contributed by atoms with Gasteiger partial charge in [0.05, 0.1) is 17.1 Å². The van der Waals surface area contributed by atoms with E-state index < -0.39 is 33.2 Å². The number of ether oxygens (including phenoxy) is 1. The van der Waals surface area contributed by atoms with Gasteiger partial charge < -0.3 is 14.2 Å². The van der Waals surface area contributed by atoms with Gasteiger partial charge >= 0.3 is 5.97 Å². The molecule has 128 valence electrons. The smallest absolute Gasteiger partial charge is 0.330 e. The van der Waals surface area contributed by atoms with Gasteiger partial charge in [-0.05, 0) is 26.8 Å². The largest absolute Gasteiger partial charge is 0.458 e. The highest BCUT2D eigenvalue weighted by atomic mass is 32.2. The standard InChI is InChI=1S/C15H22N2O5S/c1-15(2,3)22-14(19)12-10-23(20,21)8-7-17(12)13(18)11-5-6-16(4)9-11/h5-6,9,12H,7-8,10H2,1-4H3. The first-order valence-corrected chi connectivity index (χ1v) is 9.17. The predicted octanol–water partition coefficient (Wildman–Crippen LogP) is 0.606. The molecule has 1 fully saturated rings. The van der Waals surface area contributed by atoms with Crippen molar-refractivity contribution in [3.05, 3.63) is 24.0 Å². The van der Waals surface area contributed by atoms with E-state index in [4.69, 9.17) is 4.74 Å². The SMILES string of the molecule is Cn1ccc(C(=O)N2CCS(=O)(=O)CC2C(=O)OC(C)(C)C)c1. The Kier molecular flexibility index (Phi) is 4.57. The van der Waals surface area contributed by atoms with Crippen LogP contribution in [0, 0.1) is 0 Å². The van der Waals surface area contributed by atoms with Crippen LogP contribution in [0.5, 0.6) is 0 Å². The Labute approximate surface area is 136 Å². The Balaban J connectivity index is 2.28. The lowest BCUT2D eigenvalue weighted by atomic mass is 10.1. The van der Waals surface area contributed by atoms with E-state index in [1.165, 1.54) is 4.90 Å². The third kappa shape index (κ3) is 4.34. The van der Waals surface area contributed by atoms with Crippen LogP contribution in [0.2, 0.25) is 0 Å². The summed E-state index contributed by atoms with van der Waals surface area (Å²) < 4.78 is 30.8. The number of nitrogens with zero attached hydrogens (tertiary/aromatic N) is 2. The number of sulfone groups is 1. The fourth-order valence-electron chi connectivity index (χ4n) is 2.41. The van der Waals surface area contributed by atoms with Crippen LogP contribution in [-0.2, 0) is 26.4 Å². The van der Waals surface area contributed by atoms with E-state index in [0.717, 1.165) is 0 Å². The molecule has 1 aromatic rings. The molecule has 0 bridgehead atoms. The number of hydrogen-bond donors (Lipinski definition) is 0. The summed E-state index contributed by atoms with van der Waals surface area (Å²) in [5.41, 5.74) is -0.333. The number of amides is 1. The van der Waals surface area contributed by atoms with Crippen LogP contribution in [0.3, 0.4) is 0 Å². The normalized spacial score (nSPS) is 21.0. The average Bonchev–Trinajstić information content (AvgIpc) is 2.81. The lowest BCUT2D eigenvalue weighted by molar-refractivity contribution is -0.159. The molecule has 0 aliphatic carbocycles. The van der Waals surface area contributed by atoms with Crippen LogP contribution in [0.1, 0.15) is 31.1 Å². The van der Waals surface area contributed by atoms with Crippen molar-refractivity contribution in [1.29, 1.82) is 0 Å². The molecule has 0 aromatic carbocycles. The number of carbonyl (C=O) groups is 2. The van der Waals surface area contributed by atoms with Crippen LogP contribution in [0.25, 0.3) is 0 Å². The molecule has 1 unspecified atom stereocenters. The Morgan fingerprint density at radius 1 is 1.30 bits per heavy atom. The molecule has 2 heterocycles. The summed E-state index contributed by atoms with van der Waals surface area (Å²) in [7, 11) is -1.60. The van der Waals surface area contributed by atoms with E-state index in [2.05, 4.69) is 0 Å². The van der Waals surface area contributed by atoms with Crippen molar-refractivity contribution in [3.63, 3.8) is 0 Å². The van der Waals surface area contributed by atoms with E-state index in [-0.39, 0.29) is 18.2 Å². The monoisotopic (exact) mass is 342 g/mol. The van der Waals surface area contributed by atoms with Gasteiger partial charge in [0.25, 0.3) is 5.91 Å². The summed E-state index contributed by atoms with van der Waals surface area (Å²) in [6.45, 7) is 5.09. The number of rotatable bonds is 2. The lowest BCUT2D eigenvalue weighted by Gasteiger charge is -2.35. The van der Waals surface area contributed by atoms with Gasteiger partial charge in [0.2, 0.25) is 0 Å². The van der Waals surface area contributed by atoms with E-state index >= 15 is 0 Å². The quantitative estimate of drug-likeness (QED) is 0.735. The zero-order chi connectivity index (χ0) is 17.4. The topological polar surface area (TPSA) is 85.7 Å². The van der Waals surface area contributed by atoms with E-state index in [1.807, 2.05) is 0 Å². The molecule has 23 heavy (non-hydrogen) atoms. The highest BCUT2D eigenvalue weighted by molar-refractivity contribution is 7.91. The van der Waals surface area contributed by atoms with E-state index in [9.17, 15) is 18.0 Å². The van der Waals surface area contributed by atoms with Crippen LogP contribution in [-0.4, -0.2) is 59.5 Å². The first-order chi connectivity index (χ1) is 10.5. The van der Waals surface area contributed by atoms with Gasteiger partial charge in [0.1, 0.15) is 11.6 Å². The molecule has 1 aromatic heterocycles. The Morgan fingerprint density at radius 2 is 1.96 bits per heavy atom. The van der Waals surface area contributed by atoms with Crippen LogP contribution < -0.4 is 0 Å². The predicted molar refractivity (Wildman–Crippen MR) is 84.7 cm³/mol. The minimum atomic E-state index is -3.38. The maximum absolute atomic E-state index is 12.6. The van der Waals surface area contributed by atoms with Crippen LogP contribution in [0.4, 0.5) is 0 Å². The molecule has 1 saturated heterocycles. The summed E-state index contributed by atoms with van der Waals surface area (Å²) in [5, 5.41) is 0. The number of carbonyl (C=O) groups excluding carboxylic acids is 2. The minimum Gasteiger partial charge on any atom is -0.458 e. The first-order valence-electron chi connectivity index (χ1n) is 7.35. The molecule has 0 spiro atoms. The van der Waals surface area contributed by atoms with Crippen molar-refractivity contribution in [2.75, 3.05) is 18.1 Å². The fourth-order valence-corrected chi connectivity index (χ4v) is 3.85. The molecule has 1 aliphatic heterocycles. The average molecular weight is 342 g/mol. The lowest BCUT2D eigenvalue weighted by Crippen LogP contribution is -2.56. The van der Waals surface area contributed by atoms with Crippen molar-refractivity contribution < 1.29 is 22.7 Å². The van der Waals surface area contributed by atoms with Crippen molar-refractivity contribution in [2.24, 2.45) is 7.05 Å². The molecule has 8 heteroatoms. The Morgan fingerprint density at radius 3 is 2.48 bits per heavy atom. The van der Waals surface area contributed by atoms with Crippen LogP contribution >= 0.6 is 0 Å². The number of aryl methyl sites for hydroxylation is 1. The molecule has 0 saturated carbocycles. The van der Waals surface area contributed by atoms with Crippen molar-refractivity contribution in [3.8, 4) is 0 Å². The molecule has 1 aliphatic rings. The number of hydrogen-bond acceptors (Lipinski definition) is 5. The summed E-state index contributed by atoms with van der Waals surface area (Å²) in [4.78, 5) is 26.3. The van der Waals surface area contributed by atoms with Crippen molar-refractivity contribution >= 4 is 21.7 Å². The van der Waals surface area contributed by atoms with Gasteiger partial charge in [-0.3, -0.25) is 4.79 Å². The van der Waals surface area contributed by atoms with Gasteiger partial charge in [-0.2, -0.15) is 0 Å². The van der Waals surface area contributed by atoms with Gasteiger partial charge in [-0.15, -0.1) is 0 Å². The summed E-state index contributed by atoms with van der Waals surface area (Å²) in [6.07, 6.45) is 3.36. The zero-order valence-electron chi connectivity index (χ0n) is 13.8. The van der Waals surface area contributed by atoms with Gasteiger partial charge in [0, 0.05) is 26.0 Å². The summed E-state index contributed by atoms with van der Waals surface area (Å²) in [5.74, 6) is -1.60. The van der Waals surface area contributed by atoms with Gasteiger partial charge in [0.15, 0.2) is 9.84 Å². The zero-order valence-corrected chi connectivity index (χ0v) is 14.6. The van der Waals surface area contributed by atoms with Crippen LogP contribution in [0.15, 0.2) is 18.5 Å². The number of esters is 1. The third-order valence-corrected chi connectivity index (χ3v) is 5.08. The Bertz CT molecular complexity index is 714. The second kappa shape index (κ2) is 5.99. The molecular formula is C15H22N2O5S. The highest BCUT2D eigenvalue weighted by Gasteiger charge is 2.41. The first kappa shape index (κ1) is 17.5. The molecule has 1 atom stereocenters. The van der Waals surface area contributed by atoms with Gasteiger partial charge in [-0.1, -0.05) is 0 Å². The molecule has 0 radical (unpaired) electrons. The summed E-state index contributed by atoms with van der Waals surface area (Å²) in [6, 6.07) is 0.526. The maximum Gasteiger partial charge on any atom is 0.330 e. The Hall–Kier alpha value is -1.83. The van der Waals surface area contributed by atoms with Crippen molar-refractivity contribution in [2.45, 2.75) is 32.4 Å². The van der Waals surface area contributed by atoms with E-state index in [0.29, 0.717) is 5.56 Å². The molecule has 1 amide bonds. The van der Waals surface area contributed by atoms with Gasteiger partial charge in [-0.25, -0.2) is 13.2 Å². The van der Waals surface area contributed by atoms with Crippen molar-refractivity contribution in [1.82, 2.24) is 9.47 Å². The highest BCUT2D eigenvalue weighted by Crippen LogP contribution is 2.19. The maximum atomic E-state index is 12.6. The minimum absolute atomic E-state index is 0.0139. The van der Waals surface area contributed by atoms with E-state index in [1.54, 1.807) is 50.8 Å². The molecule has 0 N–H and O–H groups in total.